The van der Waals surface area contributed by atoms with Crippen molar-refractivity contribution in [3.63, 3.8) is 0 Å². The highest BCUT2D eigenvalue weighted by Crippen LogP contribution is 2.26. The maximum Gasteiger partial charge on any atom is 0.220 e. The van der Waals surface area contributed by atoms with Crippen LogP contribution in [0.3, 0.4) is 0 Å². The summed E-state index contributed by atoms with van der Waals surface area (Å²) >= 11 is 5.82. The number of phenolic OH excluding ortho intramolecular Hbond substituents is 1. The van der Waals surface area contributed by atoms with E-state index in [0.29, 0.717) is 24.5 Å². The molecule has 0 bridgehead atoms. The highest BCUT2D eigenvalue weighted by molar-refractivity contribution is 6.32. The largest absolute Gasteiger partial charge is 0.506 e. The number of rotatable bonds is 3. The third-order valence-electron chi connectivity index (χ3n) is 2.92. The fourth-order valence-electron chi connectivity index (χ4n) is 1.86. The molecule has 4 nitrogen and oxygen atoms in total. The SMILES string of the molecule is O=C1CCC(NCc2cccc(Cl)c2O)CN1. The number of nitrogens with one attached hydrogen (secondary N) is 2. The first-order chi connectivity index (χ1) is 8.16. The molecule has 1 saturated heterocycles. The van der Waals surface area contributed by atoms with Crippen molar-refractivity contribution in [3.05, 3.63) is 28.8 Å². The van der Waals surface area contributed by atoms with Gasteiger partial charge in [0.2, 0.25) is 5.91 Å². The second-order valence-electron chi connectivity index (χ2n) is 4.17. The molecular formula is C12H15ClN2O2. The Morgan fingerprint density at radius 3 is 3.06 bits per heavy atom. The van der Waals surface area contributed by atoms with Gasteiger partial charge < -0.3 is 15.7 Å². The molecule has 1 unspecified atom stereocenters. The average molecular weight is 255 g/mol. The molecule has 1 aromatic carbocycles. The molecule has 3 N–H and O–H groups in total. The summed E-state index contributed by atoms with van der Waals surface area (Å²) in [6.07, 6.45) is 1.38. The van der Waals surface area contributed by atoms with E-state index < -0.39 is 0 Å². The van der Waals surface area contributed by atoms with E-state index in [-0.39, 0.29) is 17.7 Å². The number of carbonyl (C=O) groups excluding carboxylic acids is 1. The first-order valence-corrected chi connectivity index (χ1v) is 6.01. The van der Waals surface area contributed by atoms with Crippen molar-refractivity contribution >= 4 is 17.5 Å². The standard InChI is InChI=1S/C12H15ClN2O2/c13-10-3-1-2-8(12(10)17)6-14-9-4-5-11(16)15-7-9/h1-3,9,14,17H,4-7H2,(H,15,16). The van der Waals surface area contributed by atoms with Gasteiger partial charge in [-0.1, -0.05) is 23.7 Å². The lowest BCUT2D eigenvalue weighted by molar-refractivity contribution is -0.122. The van der Waals surface area contributed by atoms with Gasteiger partial charge in [-0.3, -0.25) is 4.79 Å². The first-order valence-electron chi connectivity index (χ1n) is 5.63. The van der Waals surface area contributed by atoms with Crippen LogP contribution in [-0.2, 0) is 11.3 Å². The predicted molar refractivity (Wildman–Crippen MR) is 66.0 cm³/mol. The third kappa shape index (κ3) is 3.11. The molecule has 0 spiro atoms. The molecule has 1 heterocycles. The predicted octanol–water partition coefficient (Wildman–Crippen LogP) is 1.41. The van der Waals surface area contributed by atoms with Gasteiger partial charge in [-0.05, 0) is 12.5 Å². The Balaban J connectivity index is 1.89. The lowest BCUT2D eigenvalue weighted by Crippen LogP contribution is -2.45. The summed E-state index contributed by atoms with van der Waals surface area (Å²) in [6, 6.07) is 5.55. The maximum atomic E-state index is 11.0. The molecule has 1 fully saturated rings. The zero-order chi connectivity index (χ0) is 12.3. The Hall–Kier alpha value is -1.26. The monoisotopic (exact) mass is 254 g/mol. The second-order valence-corrected chi connectivity index (χ2v) is 4.58. The van der Waals surface area contributed by atoms with Gasteiger partial charge in [0.05, 0.1) is 5.02 Å². The van der Waals surface area contributed by atoms with E-state index in [9.17, 15) is 9.90 Å². The number of amides is 1. The van der Waals surface area contributed by atoms with Crippen LogP contribution in [0.4, 0.5) is 0 Å². The Labute approximate surface area is 105 Å². The highest BCUT2D eigenvalue weighted by atomic mass is 35.5. The van der Waals surface area contributed by atoms with Gasteiger partial charge in [0.1, 0.15) is 5.75 Å². The van der Waals surface area contributed by atoms with Gasteiger partial charge in [-0.25, -0.2) is 0 Å². The second kappa shape index (κ2) is 5.38. The Bertz CT molecular complexity index is 413. The molecule has 92 valence electrons. The van der Waals surface area contributed by atoms with E-state index in [0.717, 1.165) is 12.0 Å². The number of piperidine rings is 1. The quantitative estimate of drug-likeness (QED) is 0.765. The summed E-state index contributed by atoms with van der Waals surface area (Å²) in [4.78, 5) is 11.0. The van der Waals surface area contributed by atoms with Crippen LogP contribution in [0.15, 0.2) is 18.2 Å². The van der Waals surface area contributed by atoms with Gasteiger partial charge in [-0.15, -0.1) is 0 Å². The minimum Gasteiger partial charge on any atom is -0.506 e. The maximum absolute atomic E-state index is 11.0. The van der Waals surface area contributed by atoms with E-state index in [1.54, 1.807) is 6.07 Å². The molecule has 0 aromatic heterocycles. The number of carbonyl (C=O) groups is 1. The average Bonchev–Trinajstić information content (AvgIpc) is 2.33. The summed E-state index contributed by atoms with van der Waals surface area (Å²) in [5, 5.41) is 16.2. The van der Waals surface area contributed by atoms with E-state index in [1.165, 1.54) is 0 Å². The van der Waals surface area contributed by atoms with Crippen molar-refractivity contribution in [2.24, 2.45) is 0 Å². The number of phenols is 1. The molecule has 0 aliphatic carbocycles. The van der Waals surface area contributed by atoms with Crippen LogP contribution in [0.1, 0.15) is 18.4 Å². The van der Waals surface area contributed by atoms with E-state index >= 15 is 0 Å². The third-order valence-corrected chi connectivity index (χ3v) is 3.22. The van der Waals surface area contributed by atoms with Crippen molar-refractivity contribution in [1.82, 2.24) is 10.6 Å². The van der Waals surface area contributed by atoms with E-state index in [1.807, 2.05) is 12.1 Å². The van der Waals surface area contributed by atoms with Gasteiger partial charge in [0.15, 0.2) is 0 Å². The first kappa shape index (κ1) is 12.2. The molecule has 1 atom stereocenters. The van der Waals surface area contributed by atoms with Crippen LogP contribution in [0.25, 0.3) is 0 Å². The fourth-order valence-corrected chi connectivity index (χ4v) is 2.06. The number of halogens is 1. The molecule has 1 aliphatic heterocycles. The molecule has 1 amide bonds. The smallest absolute Gasteiger partial charge is 0.220 e. The van der Waals surface area contributed by atoms with Gasteiger partial charge in [0.25, 0.3) is 0 Å². The van der Waals surface area contributed by atoms with Crippen LogP contribution in [-0.4, -0.2) is 23.6 Å². The van der Waals surface area contributed by atoms with Crippen molar-refractivity contribution in [2.75, 3.05) is 6.54 Å². The highest BCUT2D eigenvalue weighted by Gasteiger charge is 2.17. The summed E-state index contributed by atoms with van der Waals surface area (Å²) in [6.45, 7) is 1.19. The zero-order valence-corrected chi connectivity index (χ0v) is 10.1. The normalized spacial score (nSPS) is 20.1. The van der Waals surface area contributed by atoms with Crippen molar-refractivity contribution in [1.29, 1.82) is 0 Å². The Morgan fingerprint density at radius 2 is 2.35 bits per heavy atom. The molecule has 0 saturated carbocycles. The molecule has 2 rings (SSSR count). The number of hydrogen-bond acceptors (Lipinski definition) is 3. The molecule has 1 aliphatic rings. The number of benzene rings is 1. The lowest BCUT2D eigenvalue weighted by Gasteiger charge is -2.23. The van der Waals surface area contributed by atoms with Crippen LogP contribution in [0, 0.1) is 0 Å². The van der Waals surface area contributed by atoms with Crippen molar-refractivity contribution < 1.29 is 9.90 Å². The zero-order valence-electron chi connectivity index (χ0n) is 9.37. The van der Waals surface area contributed by atoms with Crippen molar-refractivity contribution in [3.8, 4) is 5.75 Å². The van der Waals surface area contributed by atoms with Gasteiger partial charge in [0, 0.05) is 31.1 Å². The summed E-state index contributed by atoms with van der Waals surface area (Å²) in [5.74, 6) is 0.232. The van der Waals surface area contributed by atoms with E-state index in [2.05, 4.69) is 10.6 Å². The molecule has 5 heteroatoms. The summed E-state index contributed by atoms with van der Waals surface area (Å²) in [7, 11) is 0. The molecule has 1 aromatic rings. The van der Waals surface area contributed by atoms with Gasteiger partial charge >= 0.3 is 0 Å². The van der Waals surface area contributed by atoms with Crippen LogP contribution in [0.5, 0.6) is 5.75 Å². The Kier molecular flexibility index (Phi) is 3.86. The van der Waals surface area contributed by atoms with Crippen molar-refractivity contribution in [2.45, 2.75) is 25.4 Å². The van der Waals surface area contributed by atoms with E-state index in [4.69, 9.17) is 11.6 Å². The minimum absolute atomic E-state index is 0.105. The number of aromatic hydroxyl groups is 1. The van der Waals surface area contributed by atoms with Crippen LogP contribution >= 0.6 is 11.6 Å². The van der Waals surface area contributed by atoms with Crippen LogP contribution < -0.4 is 10.6 Å². The van der Waals surface area contributed by atoms with Gasteiger partial charge in [-0.2, -0.15) is 0 Å². The Morgan fingerprint density at radius 1 is 1.53 bits per heavy atom. The lowest BCUT2D eigenvalue weighted by atomic mass is 10.1. The number of para-hydroxylation sites is 1. The summed E-state index contributed by atoms with van der Waals surface area (Å²) in [5.41, 5.74) is 0.773. The molecule has 0 radical (unpaired) electrons. The number of hydrogen-bond donors (Lipinski definition) is 3. The molecule has 17 heavy (non-hydrogen) atoms. The minimum atomic E-state index is 0.105. The fraction of sp³-hybridized carbons (Fsp3) is 0.417. The molecular weight excluding hydrogens is 240 g/mol. The topological polar surface area (TPSA) is 61.4 Å². The summed E-state index contributed by atoms with van der Waals surface area (Å²) < 4.78 is 0. The van der Waals surface area contributed by atoms with Crippen LogP contribution in [0.2, 0.25) is 5.02 Å².